The van der Waals surface area contributed by atoms with Gasteiger partial charge < -0.3 is 10.5 Å². The molecule has 0 unspecified atom stereocenters. The van der Waals surface area contributed by atoms with E-state index in [1.807, 2.05) is 25.4 Å². The van der Waals surface area contributed by atoms with Gasteiger partial charge in [0.05, 0.1) is 18.1 Å². The SMILES string of the molecule is Cn1cc(OCc2ccnc(CN)c2)cn1. The molecule has 0 bridgehead atoms. The average Bonchev–Trinajstić information content (AvgIpc) is 2.73. The van der Waals surface area contributed by atoms with Crippen molar-refractivity contribution in [1.82, 2.24) is 14.8 Å². The third-order valence-corrected chi connectivity index (χ3v) is 2.18. The number of rotatable bonds is 4. The predicted octanol–water partition coefficient (Wildman–Crippen LogP) is 0.853. The van der Waals surface area contributed by atoms with Crippen molar-refractivity contribution in [3.63, 3.8) is 0 Å². The summed E-state index contributed by atoms with van der Waals surface area (Å²) in [4.78, 5) is 4.12. The summed E-state index contributed by atoms with van der Waals surface area (Å²) in [7, 11) is 1.85. The molecule has 5 nitrogen and oxygen atoms in total. The highest BCUT2D eigenvalue weighted by atomic mass is 16.5. The van der Waals surface area contributed by atoms with E-state index in [2.05, 4.69) is 10.1 Å². The lowest BCUT2D eigenvalue weighted by Gasteiger charge is -2.04. The zero-order valence-corrected chi connectivity index (χ0v) is 9.13. The molecule has 16 heavy (non-hydrogen) atoms. The van der Waals surface area contributed by atoms with E-state index in [1.165, 1.54) is 0 Å². The molecular weight excluding hydrogens is 204 g/mol. The van der Waals surface area contributed by atoms with Gasteiger partial charge in [-0.05, 0) is 17.7 Å². The zero-order chi connectivity index (χ0) is 11.4. The Morgan fingerprint density at radius 3 is 3.06 bits per heavy atom. The Morgan fingerprint density at radius 1 is 1.50 bits per heavy atom. The maximum atomic E-state index is 5.56. The highest BCUT2D eigenvalue weighted by molar-refractivity contribution is 5.17. The Balaban J connectivity index is 1.99. The third-order valence-electron chi connectivity index (χ3n) is 2.18. The highest BCUT2D eigenvalue weighted by Crippen LogP contribution is 2.10. The summed E-state index contributed by atoms with van der Waals surface area (Å²) < 4.78 is 7.26. The Labute approximate surface area is 93.9 Å². The van der Waals surface area contributed by atoms with Gasteiger partial charge in [0, 0.05) is 19.8 Å². The molecule has 2 N–H and O–H groups in total. The van der Waals surface area contributed by atoms with Crippen LogP contribution in [-0.2, 0) is 20.2 Å². The maximum Gasteiger partial charge on any atom is 0.157 e. The molecule has 0 aliphatic carbocycles. The lowest BCUT2D eigenvalue weighted by Crippen LogP contribution is -2.02. The minimum absolute atomic E-state index is 0.445. The van der Waals surface area contributed by atoms with Crippen LogP contribution in [0.5, 0.6) is 5.75 Å². The summed E-state index contributed by atoms with van der Waals surface area (Å²) in [5.74, 6) is 0.758. The summed E-state index contributed by atoms with van der Waals surface area (Å²) in [6.45, 7) is 0.946. The first-order valence-electron chi connectivity index (χ1n) is 5.03. The van der Waals surface area contributed by atoms with E-state index in [0.717, 1.165) is 17.0 Å². The molecule has 0 saturated heterocycles. The molecule has 2 aromatic rings. The van der Waals surface area contributed by atoms with Crippen molar-refractivity contribution >= 4 is 0 Å². The number of nitrogens with zero attached hydrogens (tertiary/aromatic N) is 3. The second-order valence-electron chi connectivity index (χ2n) is 3.50. The van der Waals surface area contributed by atoms with Crippen LogP contribution >= 0.6 is 0 Å². The van der Waals surface area contributed by atoms with Crippen LogP contribution in [0.3, 0.4) is 0 Å². The van der Waals surface area contributed by atoms with Gasteiger partial charge in [0.2, 0.25) is 0 Å². The molecule has 0 aromatic carbocycles. The van der Waals surface area contributed by atoms with Crippen molar-refractivity contribution in [2.24, 2.45) is 12.8 Å². The van der Waals surface area contributed by atoms with Crippen LogP contribution < -0.4 is 10.5 Å². The van der Waals surface area contributed by atoms with Gasteiger partial charge in [-0.15, -0.1) is 0 Å². The minimum atomic E-state index is 0.445. The monoisotopic (exact) mass is 218 g/mol. The van der Waals surface area contributed by atoms with E-state index in [-0.39, 0.29) is 0 Å². The molecule has 0 radical (unpaired) electrons. The van der Waals surface area contributed by atoms with Gasteiger partial charge in [-0.25, -0.2) is 0 Å². The molecule has 2 rings (SSSR count). The summed E-state index contributed by atoms with van der Waals surface area (Å²) in [5.41, 5.74) is 7.44. The van der Waals surface area contributed by atoms with Crippen LogP contribution in [0.15, 0.2) is 30.7 Å². The predicted molar refractivity (Wildman–Crippen MR) is 59.7 cm³/mol. The van der Waals surface area contributed by atoms with E-state index in [9.17, 15) is 0 Å². The van der Waals surface area contributed by atoms with Gasteiger partial charge in [-0.2, -0.15) is 5.10 Å². The minimum Gasteiger partial charge on any atom is -0.486 e. The van der Waals surface area contributed by atoms with Crippen molar-refractivity contribution in [2.75, 3.05) is 0 Å². The fourth-order valence-corrected chi connectivity index (χ4v) is 1.37. The Bertz CT molecular complexity index is 467. The molecule has 0 atom stereocenters. The average molecular weight is 218 g/mol. The van der Waals surface area contributed by atoms with Crippen LogP contribution in [0.25, 0.3) is 0 Å². The molecular formula is C11H14N4O. The first-order chi connectivity index (χ1) is 7.78. The molecule has 0 aliphatic heterocycles. The van der Waals surface area contributed by atoms with E-state index in [4.69, 9.17) is 10.5 Å². The van der Waals surface area contributed by atoms with Gasteiger partial charge in [0.15, 0.2) is 5.75 Å². The van der Waals surface area contributed by atoms with E-state index in [1.54, 1.807) is 17.1 Å². The smallest absolute Gasteiger partial charge is 0.157 e. The summed E-state index contributed by atoms with van der Waals surface area (Å²) in [5, 5.41) is 4.02. The van der Waals surface area contributed by atoms with Gasteiger partial charge in [0.25, 0.3) is 0 Å². The van der Waals surface area contributed by atoms with Crippen LogP contribution in [0.2, 0.25) is 0 Å². The summed E-state index contributed by atoms with van der Waals surface area (Å²) in [6, 6.07) is 3.85. The molecule has 0 amide bonds. The number of ether oxygens (including phenoxy) is 1. The van der Waals surface area contributed by atoms with Gasteiger partial charge in [-0.1, -0.05) is 0 Å². The molecule has 0 spiro atoms. The van der Waals surface area contributed by atoms with Crippen molar-refractivity contribution in [3.05, 3.63) is 42.0 Å². The molecule has 0 aliphatic rings. The number of nitrogens with two attached hydrogens (primary N) is 1. The fourth-order valence-electron chi connectivity index (χ4n) is 1.37. The normalized spacial score (nSPS) is 10.4. The zero-order valence-electron chi connectivity index (χ0n) is 9.13. The van der Waals surface area contributed by atoms with Crippen molar-refractivity contribution in [1.29, 1.82) is 0 Å². The molecule has 0 fully saturated rings. The van der Waals surface area contributed by atoms with Crippen LogP contribution in [-0.4, -0.2) is 14.8 Å². The standard InChI is InChI=1S/C11H14N4O/c1-15-7-11(6-14-15)16-8-9-2-3-13-10(4-9)5-12/h2-4,6-7H,5,8,12H2,1H3. The van der Waals surface area contributed by atoms with Crippen molar-refractivity contribution in [2.45, 2.75) is 13.2 Å². The van der Waals surface area contributed by atoms with Crippen LogP contribution in [0, 0.1) is 0 Å². The largest absolute Gasteiger partial charge is 0.486 e. The second kappa shape index (κ2) is 4.76. The Morgan fingerprint density at radius 2 is 2.38 bits per heavy atom. The summed E-state index contributed by atoms with van der Waals surface area (Å²) >= 11 is 0. The number of hydrogen-bond donors (Lipinski definition) is 1. The van der Waals surface area contributed by atoms with E-state index in [0.29, 0.717) is 13.2 Å². The Hall–Kier alpha value is -1.88. The Kier molecular flexibility index (Phi) is 3.16. The quantitative estimate of drug-likeness (QED) is 0.826. The number of aromatic nitrogens is 3. The summed E-state index contributed by atoms with van der Waals surface area (Å²) in [6.07, 6.45) is 5.25. The van der Waals surface area contributed by atoms with E-state index >= 15 is 0 Å². The second-order valence-corrected chi connectivity index (χ2v) is 3.50. The first-order valence-corrected chi connectivity index (χ1v) is 5.03. The lowest BCUT2D eigenvalue weighted by atomic mass is 10.2. The maximum absolute atomic E-state index is 5.56. The number of hydrogen-bond acceptors (Lipinski definition) is 4. The number of aryl methyl sites for hydroxylation is 1. The fraction of sp³-hybridized carbons (Fsp3) is 0.273. The molecule has 2 aromatic heterocycles. The van der Waals surface area contributed by atoms with E-state index < -0.39 is 0 Å². The molecule has 84 valence electrons. The molecule has 2 heterocycles. The topological polar surface area (TPSA) is 66.0 Å². The van der Waals surface area contributed by atoms with Gasteiger partial charge in [0.1, 0.15) is 6.61 Å². The van der Waals surface area contributed by atoms with Crippen LogP contribution in [0.4, 0.5) is 0 Å². The van der Waals surface area contributed by atoms with Crippen molar-refractivity contribution < 1.29 is 4.74 Å². The number of pyridine rings is 1. The third kappa shape index (κ3) is 2.58. The lowest BCUT2D eigenvalue weighted by molar-refractivity contribution is 0.305. The van der Waals surface area contributed by atoms with Crippen molar-refractivity contribution in [3.8, 4) is 5.75 Å². The molecule has 0 saturated carbocycles. The van der Waals surface area contributed by atoms with Gasteiger partial charge >= 0.3 is 0 Å². The highest BCUT2D eigenvalue weighted by Gasteiger charge is 1.99. The molecule has 5 heteroatoms. The first kappa shape index (κ1) is 10.6. The van der Waals surface area contributed by atoms with Gasteiger partial charge in [-0.3, -0.25) is 9.67 Å². The van der Waals surface area contributed by atoms with Crippen LogP contribution in [0.1, 0.15) is 11.3 Å².